The molecule has 1 atom stereocenters. The molecule has 1 aliphatic heterocycles. The number of ether oxygens (including phenoxy) is 1. The molecular weight excluding hydrogens is 256 g/mol. The summed E-state index contributed by atoms with van der Waals surface area (Å²) >= 11 is 0. The van der Waals surface area contributed by atoms with Crippen LogP contribution >= 0.6 is 0 Å². The van der Waals surface area contributed by atoms with E-state index in [0.717, 1.165) is 17.9 Å². The summed E-state index contributed by atoms with van der Waals surface area (Å²) in [6, 6.07) is 7.03. The van der Waals surface area contributed by atoms with Crippen molar-refractivity contribution < 1.29 is 14.3 Å². The highest BCUT2D eigenvalue weighted by Gasteiger charge is 2.28. The van der Waals surface area contributed by atoms with Crippen LogP contribution in [0.15, 0.2) is 24.3 Å². The van der Waals surface area contributed by atoms with Crippen molar-refractivity contribution in [2.75, 3.05) is 25.5 Å². The van der Waals surface area contributed by atoms with Crippen LogP contribution in [-0.2, 0) is 4.79 Å². The Morgan fingerprint density at radius 3 is 2.70 bits per heavy atom. The number of amides is 2. The van der Waals surface area contributed by atoms with Crippen molar-refractivity contribution in [3.8, 4) is 5.75 Å². The summed E-state index contributed by atoms with van der Waals surface area (Å²) in [5.74, 6) is 0.990. The zero-order chi connectivity index (χ0) is 14.5. The lowest BCUT2D eigenvalue weighted by Gasteiger charge is -2.31. The fraction of sp³-hybridized carbons (Fsp3) is 0.467. The molecule has 1 aromatic rings. The van der Waals surface area contributed by atoms with E-state index >= 15 is 0 Å². The van der Waals surface area contributed by atoms with Gasteiger partial charge in [-0.1, -0.05) is 6.92 Å². The maximum Gasteiger partial charge on any atom is 0.321 e. The van der Waals surface area contributed by atoms with Crippen LogP contribution in [0.2, 0.25) is 0 Å². The number of carbonyl (C=O) groups is 2. The van der Waals surface area contributed by atoms with Gasteiger partial charge in [-0.25, -0.2) is 4.79 Å². The van der Waals surface area contributed by atoms with Gasteiger partial charge in [0, 0.05) is 31.1 Å². The number of rotatable bonds is 3. The summed E-state index contributed by atoms with van der Waals surface area (Å²) < 4.78 is 5.07. The molecule has 108 valence electrons. The van der Waals surface area contributed by atoms with Crippen molar-refractivity contribution in [1.82, 2.24) is 4.90 Å². The number of methoxy groups -OCH3 is 1. The number of nitrogens with zero attached hydrogens (tertiary/aromatic N) is 1. The van der Waals surface area contributed by atoms with Crippen LogP contribution in [0.4, 0.5) is 10.5 Å². The van der Waals surface area contributed by atoms with E-state index < -0.39 is 0 Å². The van der Waals surface area contributed by atoms with Crippen LogP contribution < -0.4 is 10.1 Å². The monoisotopic (exact) mass is 276 g/mol. The molecule has 5 nitrogen and oxygen atoms in total. The number of hydrogen-bond donors (Lipinski definition) is 1. The zero-order valence-electron chi connectivity index (χ0n) is 11.9. The lowest BCUT2D eigenvalue weighted by atomic mass is 9.94. The largest absolute Gasteiger partial charge is 0.497 e. The number of likely N-dealkylation sites (tertiary alicyclic amines) is 1. The van der Waals surface area contributed by atoms with Crippen LogP contribution in [0, 0.1) is 5.92 Å². The molecule has 0 aromatic heterocycles. The smallest absolute Gasteiger partial charge is 0.321 e. The maximum absolute atomic E-state index is 12.2. The molecule has 1 saturated heterocycles. The molecule has 2 amide bonds. The Labute approximate surface area is 118 Å². The van der Waals surface area contributed by atoms with Gasteiger partial charge in [-0.2, -0.15) is 0 Å². The number of hydrogen-bond acceptors (Lipinski definition) is 3. The molecule has 0 aliphatic carbocycles. The van der Waals surface area contributed by atoms with Crippen molar-refractivity contribution >= 4 is 17.5 Å². The molecule has 2 rings (SSSR count). The van der Waals surface area contributed by atoms with Crippen LogP contribution in [0.25, 0.3) is 0 Å². The van der Waals surface area contributed by atoms with Crippen molar-refractivity contribution in [1.29, 1.82) is 0 Å². The van der Waals surface area contributed by atoms with Crippen LogP contribution in [0.3, 0.4) is 0 Å². The van der Waals surface area contributed by atoms with Crippen molar-refractivity contribution in [3.63, 3.8) is 0 Å². The molecule has 5 heteroatoms. The molecule has 1 aromatic carbocycles. The predicted molar refractivity (Wildman–Crippen MR) is 77.0 cm³/mol. The number of urea groups is 1. The van der Waals surface area contributed by atoms with Gasteiger partial charge in [-0.15, -0.1) is 0 Å². The van der Waals surface area contributed by atoms with Gasteiger partial charge in [0.25, 0.3) is 0 Å². The molecule has 1 aliphatic rings. The number of Topliss-reactive ketones (excluding diaryl/α,β-unsaturated/α-hetero) is 1. The van der Waals surface area contributed by atoms with Crippen molar-refractivity contribution in [2.45, 2.75) is 19.8 Å². The van der Waals surface area contributed by atoms with Crippen LogP contribution in [0.1, 0.15) is 19.8 Å². The van der Waals surface area contributed by atoms with Gasteiger partial charge in [-0.05, 0) is 30.7 Å². The molecule has 0 radical (unpaired) electrons. The first kappa shape index (κ1) is 14.4. The van der Waals surface area contributed by atoms with Crippen molar-refractivity contribution in [2.24, 2.45) is 5.92 Å². The SMILES string of the molecule is CCC1CN(C(=O)Nc2ccc(OC)cc2)CCC1=O. The van der Waals surface area contributed by atoms with E-state index in [1.54, 1.807) is 36.3 Å². The minimum atomic E-state index is -0.152. The van der Waals surface area contributed by atoms with Gasteiger partial charge in [0.15, 0.2) is 0 Å². The molecule has 1 heterocycles. The molecule has 1 unspecified atom stereocenters. The van der Waals surface area contributed by atoms with E-state index in [1.165, 1.54) is 0 Å². The number of anilines is 1. The Kier molecular flexibility index (Phi) is 4.61. The highest BCUT2D eigenvalue weighted by molar-refractivity contribution is 5.91. The Morgan fingerprint density at radius 2 is 2.10 bits per heavy atom. The standard InChI is InChI=1S/C15H20N2O3/c1-3-11-10-17(9-8-14(11)18)15(19)16-12-4-6-13(20-2)7-5-12/h4-7,11H,3,8-10H2,1-2H3,(H,16,19). The number of carbonyl (C=O) groups excluding carboxylic acids is 2. The normalized spacial score (nSPS) is 18.8. The number of benzene rings is 1. The summed E-state index contributed by atoms with van der Waals surface area (Å²) in [4.78, 5) is 25.5. The maximum atomic E-state index is 12.2. The fourth-order valence-corrected chi connectivity index (χ4v) is 2.33. The van der Waals surface area contributed by atoms with Gasteiger partial charge in [0.1, 0.15) is 11.5 Å². The van der Waals surface area contributed by atoms with E-state index in [9.17, 15) is 9.59 Å². The summed E-state index contributed by atoms with van der Waals surface area (Å²) in [6.07, 6.45) is 1.24. The second kappa shape index (κ2) is 6.41. The Bertz CT molecular complexity index is 484. The first-order valence-electron chi connectivity index (χ1n) is 6.86. The molecule has 0 saturated carbocycles. The predicted octanol–water partition coefficient (Wildman–Crippen LogP) is 2.53. The first-order valence-corrected chi connectivity index (χ1v) is 6.86. The molecular formula is C15H20N2O3. The first-order chi connectivity index (χ1) is 9.63. The van der Waals surface area contributed by atoms with Crippen LogP contribution in [0.5, 0.6) is 5.75 Å². The molecule has 1 N–H and O–H groups in total. The molecule has 1 fully saturated rings. The summed E-state index contributed by atoms with van der Waals surface area (Å²) in [6.45, 7) is 2.99. The third-order valence-corrected chi connectivity index (χ3v) is 3.65. The van der Waals surface area contributed by atoms with Gasteiger partial charge in [0.2, 0.25) is 0 Å². The minimum absolute atomic E-state index is 0.0228. The molecule has 20 heavy (non-hydrogen) atoms. The number of piperidine rings is 1. The minimum Gasteiger partial charge on any atom is -0.497 e. The number of nitrogens with one attached hydrogen (secondary N) is 1. The van der Waals surface area contributed by atoms with E-state index in [0.29, 0.717) is 19.5 Å². The van der Waals surface area contributed by atoms with Crippen molar-refractivity contribution in [3.05, 3.63) is 24.3 Å². The van der Waals surface area contributed by atoms with Crippen LogP contribution in [-0.4, -0.2) is 36.9 Å². The second-order valence-electron chi connectivity index (χ2n) is 4.93. The third-order valence-electron chi connectivity index (χ3n) is 3.65. The van der Waals surface area contributed by atoms with Gasteiger partial charge in [-0.3, -0.25) is 4.79 Å². The summed E-state index contributed by atoms with van der Waals surface area (Å²) in [5.41, 5.74) is 0.723. The second-order valence-corrected chi connectivity index (χ2v) is 4.93. The molecule has 0 spiro atoms. The Balaban J connectivity index is 1.95. The highest BCUT2D eigenvalue weighted by Crippen LogP contribution is 2.19. The third kappa shape index (κ3) is 3.29. The van der Waals surface area contributed by atoms with E-state index in [1.807, 2.05) is 6.92 Å². The average molecular weight is 276 g/mol. The van der Waals surface area contributed by atoms with Gasteiger partial charge >= 0.3 is 6.03 Å². The topological polar surface area (TPSA) is 58.6 Å². The summed E-state index contributed by atoms with van der Waals surface area (Å²) in [7, 11) is 1.60. The van der Waals surface area contributed by atoms with E-state index in [4.69, 9.17) is 4.74 Å². The highest BCUT2D eigenvalue weighted by atomic mass is 16.5. The lowest BCUT2D eigenvalue weighted by molar-refractivity contribution is -0.125. The number of ketones is 1. The Hall–Kier alpha value is -2.04. The van der Waals surface area contributed by atoms with Gasteiger partial charge in [0.05, 0.1) is 7.11 Å². The van der Waals surface area contributed by atoms with E-state index in [-0.39, 0.29) is 17.7 Å². The quantitative estimate of drug-likeness (QED) is 0.923. The fourth-order valence-electron chi connectivity index (χ4n) is 2.33. The Morgan fingerprint density at radius 1 is 1.40 bits per heavy atom. The van der Waals surface area contributed by atoms with E-state index in [2.05, 4.69) is 5.32 Å². The van der Waals surface area contributed by atoms with Gasteiger partial charge < -0.3 is 15.0 Å². The zero-order valence-corrected chi connectivity index (χ0v) is 11.9. The average Bonchev–Trinajstić information content (AvgIpc) is 2.48. The lowest BCUT2D eigenvalue weighted by Crippen LogP contribution is -2.45. The molecule has 0 bridgehead atoms. The summed E-state index contributed by atoms with van der Waals surface area (Å²) in [5, 5.41) is 2.84.